The Morgan fingerprint density at radius 1 is 1.00 bits per heavy atom. The average Bonchev–Trinajstić information content (AvgIpc) is 2.74. The Hall–Kier alpha value is -3.03. The molecule has 0 bridgehead atoms. The molecule has 3 aromatic carbocycles. The molecule has 0 unspecified atom stereocenters. The lowest BCUT2D eigenvalue weighted by molar-refractivity contribution is 0.269. The summed E-state index contributed by atoms with van der Waals surface area (Å²) in [7, 11) is -3.74. The lowest BCUT2D eigenvalue weighted by atomic mass is 10.2. The molecule has 0 aliphatic rings. The van der Waals surface area contributed by atoms with E-state index in [0.29, 0.717) is 35.3 Å². The van der Waals surface area contributed by atoms with Crippen LogP contribution < -0.4 is 14.3 Å². The van der Waals surface area contributed by atoms with Crippen molar-refractivity contribution in [2.75, 3.05) is 6.61 Å². The van der Waals surface area contributed by atoms with Crippen LogP contribution in [0.1, 0.15) is 23.6 Å². The second-order valence-electron chi connectivity index (χ2n) is 6.69. The van der Waals surface area contributed by atoms with Crippen molar-refractivity contribution >= 4 is 27.8 Å². The summed E-state index contributed by atoms with van der Waals surface area (Å²) >= 11 is 6.18. The second kappa shape index (κ2) is 10.3. The number of aryl methyl sites for hydroxylation is 1. The monoisotopic (exact) mass is 458 g/mol. The molecule has 3 aromatic rings. The Morgan fingerprint density at radius 3 is 2.45 bits per heavy atom. The van der Waals surface area contributed by atoms with Crippen LogP contribution in [-0.2, 0) is 16.6 Å². The quantitative estimate of drug-likeness (QED) is 0.364. The third-order valence-electron chi connectivity index (χ3n) is 4.33. The van der Waals surface area contributed by atoms with Gasteiger partial charge in [-0.15, -0.1) is 0 Å². The minimum Gasteiger partial charge on any atom is -0.490 e. The molecule has 0 saturated heterocycles. The van der Waals surface area contributed by atoms with Crippen molar-refractivity contribution < 1.29 is 17.9 Å². The highest BCUT2D eigenvalue weighted by Gasteiger charge is 2.12. The van der Waals surface area contributed by atoms with Gasteiger partial charge in [0.2, 0.25) is 0 Å². The summed E-state index contributed by atoms with van der Waals surface area (Å²) in [5.41, 5.74) is 2.49. The minimum atomic E-state index is -3.74. The second-order valence-corrected chi connectivity index (χ2v) is 8.75. The van der Waals surface area contributed by atoms with Crippen molar-refractivity contribution in [3.05, 3.63) is 88.4 Å². The highest BCUT2D eigenvalue weighted by molar-refractivity contribution is 7.89. The largest absolute Gasteiger partial charge is 0.490 e. The number of ether oxygens (including phenoxy) is 2. The zero-order valence-corrected chi connectivity index (χ0v) is 18.8. The van der Waals surface area contributed by atoms with Gasteiger partial charge in [0, 0.05) is 10.6 Å². The van der Waals surface area contributed by atoms with Crippen LogP contribution in [0.2, 0.25) is 5.02 Å². The third kappa shape index (κ3) is 6.23. The zero-order valence-electron chi connectivity index (χ0n) is 17.2. The van der Waals surface area contributed by atoms with E-state index in [9.17, 15) is 8.42 Å². The molecule has 0 spiro atoms. The zero-order chi connectivity index (χ0) is 22.3. The fraction of sp³-hybridized carbons (Fsp3) is 0.174. The smallest absolute Gasteiger partial charge is 0.276 e. The lowest BCUT2D eigenvalue weighted by Gasteiger charge is -2.13. The highest BCUT2D eigenvalue weighted by Crippen LogP contribution is 2.29. The van der Waals surface area contributed by atoms with Gasteiger partial charge >= 0.3 is 0 Å². The van der Waals surface area contributed by atoms with E-state index in [4.69, 9.17) is 21.1 Å². The van der Waals surface area contributed by atoms with Crippen LogP contribution in [0.15, 0.2) is 76.7 Å². The van der Waals surface area contributed by atoms with Crippen LogP contribution in [0.3, 0.4) is 0 Å². The van der Waals surface area contributed by atoms with Gasteiger partial charge in [-0.3, -0.25) is 0 Å². The maximum absolute atomic E-state index is 12.3. The molecule has 6 nitrogen and oxygen atoms in total. The van der Waals surface area contributed by atoms with Gasteiger partial charge in [0.05, 0.1) is 17.7 Å². The Morgan fingerprint density at radius 2 is 1.74 bits per heavy atom. The van der Waals surface area contributed by atoms with E-state index < -0.39 is 10.0 Å². The summed E-state index contributed by atoms with van der Waals surface area (Å²) in [6.07, 6.45) is 1.41. The van der Waals surface area contributed by atoms with Gasteiger partial charge in [-0.2, -0.15) is 13.5 Å². The van der Waals surface area contributed by atoms with Gasteiger partial charge < -0.3 is 9.47 Å². The molecule has 0 aromatic heterocycles. The molecule has 0 amide bonds. The summed E-state index contributed by atoms with van der Waals surface area (Å²) in [5.74, 6) is 1.08. The van der Waals surface area contributed by atoms with Crippen molar-refractivity contribution in [3.63, 3.8) is 0 Å². The molecule has 0 aliphatic carbocycles. The predicted molar refractivity (Wildman–Crippen MR) is 122 cm³/mol. The summed E-state index contributed by atoms with van der Waals surface area (Å²) in [6.45, 7) is 4.50. The summed E-state index contributed by atoms with van der Waals surface area (Å²) in [6, 6.07) is 19.2. The van der Waals surface area contributed by atoms with Gasteiger partial charge in [-0.25, -0.2) is 4.83 Å². The van der Waals surface area contributed by atoms with E-state index in [1.807, 2.05) is 32.0 Å². The molecule has 8 heteroatoms. The number of hydrazone groups is 1. The first-order valence-electron chi connectivity index (χ1n) is 9.63. The van der Waals surface area contributed by atoms with Crippen LogP contribution in [0, 0.1) is 6.92 Å². The molecule has 0 radical (unpaired) electrons. The average molecular weight is 459 g/mol. The molecule has 0 heterocycles. The third-order valence-corrected chi connectivity index (χ3v) is 5.93. The van der Waals surface area contributed by atoms with Crippen LogP contribution in [0.25, 0.3) is 0 Å². The topological polar surface area (TPSA) is 77.0 Å². The van der Waals surface area contributed by atoms with Crippen molar-refractivity contribution in [1.29, 1.82) is 0 Å². The van der Waals surface area contributed by atoms with Gasteiger partial charge in [-0.05, 0) is 55.8 Å². The lowest BCUT2D eigenvalue weighted by Crippen LogP contribution is -2.18. The van der Waals surface area contributed by atoms with Crippen molar-refractivity contribution in [3.8, 4) is 11.5 Å². The molecule has 31 heavy (non-hydrogen) atoms. The fourth-order valence-corrected chi connectivity index (χ4v) is 3.69. The maximum Gasteiger partial charge on any atom is 0.276 e. The number of rotatable bonds is 9. The van der Waals surface area contributed by atoms with E-state index in [1.165, 1.54) is 18.3 Å². The SMILES string of the molecule is CCOc1cc(/C=N\NS(=O)(=O)c2ccc(C)cc2)ccc1OCc1ccccc1Cl. The van der Waals surface area contributed by atoms with E-state index in [1.54, 1.807) is 36.4 Å². The Bertz CT molecular complexity index is 1160. The van der Waals surface area contributed by atoms with Crippen LogP contribution in [0.5, 0.6) is 11.5 Å². The number of nitrogens with one attached hydrogen (secondary N) is 1. The molecular weight excluding hydrogens is 436 g/mol. The molecule has 162 valence electrons. The van der Waals surface area contributed by atoms with E-state index in [-0.39, 0.29) is 4.90 Å². The summed E-state index contributed by atoms with van der Waals surface area (Å²) in [4.78, 5) is 2.36. The van der Waals surface area contributed by atoms with E-state index in [0.717, 1.165) is 11.1 Å². The summed E-state index contributed by atoms with van der Waals surface area (Å²) in [5, 5.41) is 4.50. The number of hydrogen-bond acceptors (Lipinski definition) is 5. The molecular formula is C23H23ClN2O4S. The Kier molecular flexibility index (Phi) is 7.55. The van der Waals surface area contributed by atoms with Crippen LogP contribution in [-0.4, -0.2) is 21.2 Å². The standard InChI is InChI=1S/C23H23ClN2O4S/c1-3-29-23-14-18(10-13-22(23)30-16-19-6-4-5-7-21(19)24)15-25-26-31(27,28)20-11-8-17(2)9-12-20/h4-15,26H,3,16H2,1-2H3/b25-15-. The van der Waals surface area contributed by atoms with Gasteiger partial charge in [0.1, 0.15) is 6.61 Å². The van der Waals surface area contributed by atoms with Crippen molar-refractivity contribution in [1.82, 2.24) is 4.83 Å². The Labute approximate surface area is 187 Å². The van der Waals surface area contributed by atoms with Gasteiger partial charge in [0.15, 0.2) is 11.5 Å². The summed E-state index contributed by atoms with van der Waals surface area (Å²) < 4.78 is 36.2. The molecule has 0 saturated carbocycles. The first-order valence-corrected chi connectivity index (χ1v) is 11.5. The molecule has 0 atom stereocenters. The first-order chi connectivity index (χ1) is 14.9. The minimum absolute atomic E-state index is 0.147. The van der Waals surface area contributed by atoms with Crippen molar-refractivity contribution in [2.45, 2.75) is 25.3 Å². The highest BCUT2D eigenvalue weighted by atomic mass is 35.5. The number of sulfonamides is 1. The molecule has 1 N–H and O–H groups in total. The molecule has 3 rings (SSSR count). The van der Waals surface area contributed by atoms with Crippen LogP contribution >= 0.6 is 11.6 Å². The van der Waals surface area contributed by atoms with Gasteiger partial charge in [0.25, 0.3) is 10.0 Å². The predicted octanol–water partition coefficient (Wildman–Crippen LogP) is 4.94. The van der Waals surface area contributed by atoms with E-state index >= 15 is 0 Å². The molecule has 0 aliphatic heterocycles. The fourth-order valence-electron chi connectivity index (χ4n) is 2.70. The van der Waals surface area contributed by atoms with Crippen LogP contribution in [0.4, 0.5) is 0 Å². The molecule has 0 fully saturated rings. The first kappa shape index (κ1) is 22.7. The number of hydrogen-bond donors (Lipinski definition) is 1. The normalized spacial score (nSPS) is 11.5. The number of nitrogens with zero attached hydrogens (tertiary/aromatic N) is 1. The van der Waals surface area contributed by atoms with Gasteiger partial charge in [-0.1, -0.05) is 47.5 Å². The number of halogens is 1. The van der Waals surface area contributed by atoms with E-state index in [2.05, 4.69) is 9.93 Å². The maximum atomic E-state index is 12.3. The Balaban J connectivity index is 1.71. The van der Waals surface area contributed by atoms with Crippen molar-refractivity contribution in [2.24, 2.45) is 5.10 Å². The number of benzene rings is 3.